The lowest BCUT2D eigenvalue weighted by atomic mass is 10.2. The van der Waals surface area contributed by atoms with E-state index in [1.54, 1.807) is 24.8 Å². The van der Waals surface area contributed by atoms with Crippen LogP contribution >= 0.6 is 11.8 Å². The molecule has 0 atom stereocenters. The van der Waals surface area contributed by atoms with Gasteiger partial charge in [0, 0.05) is 15.9 Å². The second-order valence-corrected chi connectivity index (χ2v) is 5.66. The lowest BCUT2D eigenvalue weighted by molar-refractivity contribution is -0.137. The summed E-state index contributed by atoms with van der Waals surface area (Å²) in [4.78, 5) is 13.7. The lowest BCUT2D eigenvalue weighted by Crippen LogP contribution is -2.00. The first-order valence-electron chi connectivity index (χ1n) is 6.87. The van der Waals surface area contributed by atoms with E-state index in [0.29, 0.717) is 6.61 Å². The van der Waals surface area contributed by atoms with E-state index in [4.69, 9.17) is 4.74 Å². The van der Waals surface area contributed by atoms with E-state index >= 15 is 0 Å². The zero-order valence-corrected chi connectivity index (χ0v) is 13.0. The molecule has 21 heavy (non-hydrogen) atoms. The Bertz CT molecular complexity index is 615. The summed E-state index contributed by atoms with van der Waals surface area (Å²) in [6.45, 7) is 4.24. The number of rotatable bonds is 5. The van der Waals surface area contributed by atoms with Gasteiger partial charge >= 0.3 is 5.97 Å². The molecule has 0 aromatic heterocycles. The highest BCUT2D eigenvalue weighted by Crippen LogP contribution is 2.34. The smallest absolute Gasteiger partial charge is 0.331 e. The molecule has 0 aliphatic carbocycles. The summed E-state index contributed by atoms with van der Waals surface area (Å²) in [6.07, 6.45) is 1.56. The summed E-state index contributed by atoms with van der Waals surface area (Å²) < 4.78 is 5.02. The van der Waals surface area contributed by atoms with E-state index in [2.05, 4.69) is 31.2 Å². The van der Waals surface area contributed by atoms with Gasteiger partial charge in [0.25, 0.3) is 0 Å². The van der Waals surface area contributed by atoms with Gasteiger partial charge < -0.3 is 4.74 Å². The fourth-order valence-electron chi connectivity index (χ4n) is 1.80. The Labute approximate surface area is 129 Å². The highest BCUT2D eigenvalue weighted by Gasteiger charge is 2.07. The number of ether oxygens (including phenoxy) is 1. The lowest BCUT2D eigenvalue weighted by Gasteiger charge is -2.08. The minimum absolute atomic E-state index is 0.309. The molecule has 108 valence electrons. The van der Waals surface area contributed by atoms with E-state index in [9.17, 15) is 4.79 Å². The number of esters is 1. The van der Waals surface area contributed by atoms with Crippen molar-refractivity contribution in [2.45, 2.75) is 18.7 Å². The molecular weight excluding hydrogens is 280 g/mol. The van der Waals surface area contributed by atoms with Gasteiger partial charge in [-0.3, -0.25) is 0 Å². The van der Waals surface area contributed by atoms with Gasteiger partial charge in [-0.2, -0.15) is 0 Å². The highest BCUT2D eigenvalue weighted by molar-refractivity contribution is 8.08. The average Bonchev–Trinajstić information content (AvgIpc) is 2.50. The summed E-state index contributed by atoms with van der Waals surface area (Å²) in [5.41, 5.74) is 2.23. The van der Waals surface area contributed by atoms with Gasteiger partial charge in [-0.15, -0.1) is 0 Å². The van der Waals surface area contributed by atoms with Crippen LogP contribution in [-0.2, 0) is 9.53 Å². The Morgan fingerprint density at radius 1 is 1.10 bits per heavy atom. The zero-order chi connectivity index (χ0) is 15.1. The minimum atomic E-state index is -0.309. The molecule has 0 amide bonds. The van der Waals surface area contributed by atoms with Gasteiger partial charge in [0.05, 0.1) is 6.61 Å². The van der Waals surface area contributed by atoms with E-state index in [0.717, 1.165) is 15.4 Å². The topological polar surface area (TPSA) is 26.3 Å². The maximum atomic E-state index is 11.8. The van der Waals surface area contributed by atoms with Crippen molar-refractivity contribution >= 4 is 22.6 Å². The van der Waals surface area contributed by atoms with Crippen molar-refractivity contribution in [3.63, 3.8) is 0 Å². The predicted octanol–water partition coefficient (Wildman–Crippen LogP) is 4.69. The predicted molar refractivity (Wildman–Crippen MR) is 88.1 cm³/mol. The number of thioether (sulfide) groups is 1. The third kappa shape index (κ3) is 4.80. The van der Waals surface area contributed by atoms with E-state index < -0.39 is 0 Å². The second-order valence-electron chi connectivity index (χ2n) is 4.54. The van der Waals surface area contributed by atoms with Crippen molar-refractivity contribution in [1.29, 1.82) is 0 Å². The number of carbonyl (C=O) groups is 1. The maximum Gasteiger partial charge on any atom is 0.331 e. The molecule has 0 radical (unpaired) electrons. The molecule has 0 fully saturated rings. The van der Waals surface area contributed by atoms with Crippen LogP contribution in [0.3, 0.4) is 0 Å². The molecule has 0 bridgehead atoms. The number of carbonyl (C=O) groups excluding carboxylic acids is 1. The molecule has 0 aliphatic heterocycles. The summed E-state index contributed by atoms with van der Waals surface area (Å²) >= 11 is 1.56. The summed E-state index contributed by atoms with van der Waals surface area (Å²) in [7, 11) is 0. The first-order chi connectivity index (χ1) is 10.2. The molecule has 2 rings (SSSR count). The van der Waals surface area contributed by atoms with Gasteiger partial charge in [0.15, 0.2) is 0 Å². The third-order valence-corrected chi connectivity index (χ3v) is 3.92. The standard InChI is InChI=1S/C18H18O2S/c1-3-20-18(19)13-17(15-7-5-4-6-8-15)21-16-11-9-14(2)10-12-16/h4-13H,3H2,1-2H3/b17-13+. The Kier molecular flexibility index (Phi) is 5.64. The van der Waals surface area contributed by atoms with Crippen LogP contribution in [0.5, 0.6) is 0 Å². The van der Waals surface area contributed by atoms with Gasteiger partial charge in [-0.25, -0.2) is 4.79 Å². The average molecular weight is 298 g/mol. The van der Waals surface area contributed by atoms with Crippen LogP contribution in [0, 0.1) is 6.92 Å². The zero-order valence-electron chi connectivity index (χ0n) is 12.2. The van der Waals surface area contributed by atoms with Crippen LogP contribution in [-0.4, -0.2) is 12.6 Å². The van der Waals surface area contributed by atoms with Gasteiger partial charge in [0.1, 0.15) is 0 Å². The molecule has 0 spiro atoms. The maximum absolute atomic E-state index is 11.8. The Morgan fingerprint density at radius 3 is 2.38 bits per heavy atom. The van der Waals surface area contributed by atoms with Gasteiger partial charge in [-0.05, 0) is 31.5 Å². The van der Waals surface area contributed by atoms with Crippen molar-refractivity contribution in [3.05, 3.63) is 71.8 Å². The molecular formula is C18H18O2S. The first-order valence-corrected chi connectivity index (χ1v) is 7.69. The van der Waals surface area contributed by atoms with Crippen molar-refractivity contribution in [2.24, 2.45) is 0 Å². The van der Waals surface area contributed by atoms with Crippen LogP contribution in [0.4, 0.5) is 0 Å². The molecule has 0 saturated carbocycles. The van der Waals surface area contributed by atoms with Crippen molar-refractivity contribution in [2.75, 3.05) is 6.61 Å². The fourth-order valence-corrected chi connectivity index (χ4v) is 2.73. The van der Waals surface area contributed by atoms with Crippen LogP contribution in [0.15, 0.2) is 65.6 Å². The second kappa shape index (κ2) is 7.70. The monoisotopic (exact) mass is 298 g/mol. The molecule has 0 unspecified atom stereocenters. The SMILES string of the molecule is CCOC(=O)/C=C(/Sc1ccc(C)cc1)c1ccccc1. The number of aryl methyl sites for hydroxylation is 1. The van der Waals surface area contributed by atoms with Crippen LogP contribution in [0.1, 0.15) is 18.1 Å². The highest BCUT2D eigenvalue weighted by atomic mass is 32.2. The molecule has 0 heterocycles. The Hall–Kier alpha value is -2.00. The molecule has 2 aromatic rings. The largest absolute Gasteiger partial charge is 0.463 e. The Balaban J connectivity index is 2.28. The molecule has 0 N–H and O–H groups in total. The first kappa shape index (κ1) is 15.4. The number of hydrogen-bond acceptors (Lipinski definition) is 3. The quantitative estimate of drug-likeness (QED) is 0.455. The van der Waals surface area contributed by atoms with Crippen LogP contribution in [0.2, 0.25) is 0 Å². The number of hydrogen-bond donors (Lipinski definition) is 0. The van der Waals surface area contributed by atoms with E-state index in [1.807, 2.05) is 30.3 Å². The van der Waals surface area contributed by atoms with Crippen LogP contribution in [0.25, 0.3) is 4.91 Å². The molecule has 2 nitrogen and oxygen atoms in total. The Morgan fingerprint density at radius 2 is 1.76 bits per heavy atom. The minimum Gasteiger partial charge on any atom is -0.463 e. The molecule has 0 aliphatic rings. The molecule has 3 heteroatoms. The number of benzene rings is 2. The van der Waals surface area contributed by atoms with E-state index in [1.165, 1.54) is 5.56 Å². The normalized spacial score (nSPS) is 11.2. The van der Waals surface area contributed by atoms with Gasteiger partial charge in [0.2, 0.25) is 0 Å². The van der Waals surface area contributed by atoms with E-state index in [-0.39, 0.29) is 5.97 Å². The third-order valence-electron chi connectivity index (χ3n) is 2.84. The summed E-state index contributed by atoms with van der Waals surface area (Å²) in [5.74, 6) is -0.309. The summed E-state index contributed by atoms with van der Waals surface area (Å²) in [6, 6.07) is 18.1. The van der Waals surface area contributed by atoms with Crippen molar-refractivity contribution in [1.82, 2.24) is 0 Å². The van der Waals surface area contributed by atoms with Gasteiger partial charge in [-0.1, -0.05) is 59.8 Å². The molecule has 2 aromatic carbocycles. The summed E-state index contributed by atoms with van der Waals surface area (Å²) in [5, 5.41) is 0. The van der Waals surface area contributed by atoms with Crippen LogP contribution < -0.4 is 0 Å². The molecule has 0 saturated heterocycles. The van der Waals surface area contributed by atoms with Crippen molar-refractivity contribution in [3.8, 4) is 0 Å². The fraction of sp³-hybridized carbons (Fsp3) is 0.167. The van der Waals surface area contributed by atoms with Crippen molar-refractivity contribution < 1.29 is 9.53 Å².